The summed E-state index contributed by atoms with van der Waals surface area (Å²) in [6, 6.07) is 0. The highest BCUT2D eigenvalue weighted by Crippen LogP contribution is 2.16. The third kappa shape index (κ3) is 2.12. The van der Waals surface area contributed by atoms with Gasteiger partial charge in [-0.15, -0.1) is 6.58 Å². The summed E-state index contributed by atoms with van der Waals surface area (Å²) in [5, 5.41) is 3.22. The number of hydrogen-bond acceptors (Lipinski definition) is 2. The van der Waals surface area contributed by atoms with Gasteiger partial charge in [-0.05, 0) is 31.7 Å². The molecule has 0 bridgehead atoms. The minimum Gasteiger partial charge on any atom is -0.316 e. The van der Waals surface area contributed by atoms with Crippen LogP contribution in [0.25, 0.3) is 0 Å². The molecule has 0 aliphatic carbocycles. The molecular weight excluding hydrogens is 124 g/mol. The Balaban J connectivity index is 2.12. The Morgan fingerprint density at radius 3 is 3.00 bits per heavy atom. The molecule has 0 spiro atoms. The Labute approximate surface area is 62.5 Å². The van der Waals surface area contributed by atoms with Crippen LogP contribution >= 0.6 is 0 Å². The van der Waals surface area contributed by atoms with E-state index < -0.39 is 0 Å². The Hall–Kier alpha value is -0.340. The minimum atomic E-state index is 0.245. The molecule has 0 radical (unpaired) electrons. The number of nitrogens with two attached hydrogens (primary N) is 1. The minimum absolute atomic E-state index is 0.245. The van der Waals surface area contributed by atoms with E-state index >= 15 is 0 Å². The summed E-state index contributed by atoms with van der Waals surface area (Å²) in [5.41, 5.74) is 5.66. The average molecular weight is 140 g/mol. The van der Waals surface area contributed by atoms with Gasteiger partial charge < -0.3 is 11.1 Å². The fraction of sp³-hybridized carbons (Fsp3) is 0.750. The van der Waals surface area contributed by atoms with Crippen LogP contribution in [0.2, 0.25) is 0 Å². The second-order valence-electron chi connectivity index (χ2n) is 2.98. The number of nitrogens with one attached hydrogen (secondary N) is 1. The first kappa shape index (κ1) is 7.76. The molecule has 1 heterocycles. The lowest BCUT2D eigenvalue weighted by atomic mass is 10.0. The molecule has 2 atom stereocenters. The van der Waals surface area contributed by atoms with E-state index in [0.29, 0.717) is 0 Å². The Bertz CT molecular complexity index is 112. The van der Waals surface area contributed by atoms with Gasteiger partial charge in [0.05, 0.1) is 6.17 Å². The van der Waals surface area contributed by atoms with Gasteiger partial charge in [-0.25, -0.2) is 0 Å². The van der Waals surface area contributed by atoms with Crippen LogP contribution in [0.5, 0.6) is 0 Å². The summed E-state index contributed by atoms with van der Waals surface area (Å²) in [6.07, 6.45) is 5.72. The normalized spacial score (nSPS) is 32.5. The van der Waals surface area contributed by atoms with Crippen molar-refractivity contribution in [3.63, 3.8) is 0 Å². The van der Waals surface area contributed by atoms with E-state index in [1.54, 1.807) is 0 Å². The molecule has 0 amide bonds. The molecule has 1 aliphatic rings. The summed E-state index contributed by atoms with van der Waals surface area (Å²) in [4.78, 5) is 0. The van der Waals surface area contributed by atoms with Gasteiger partial charge in [0, 0.05) is 0 Å². The van der Waals surface area contributed by atoms with E-state index in [-0.39, 0.29) is 6.17 Å². The van der Waals surface area contributed by atoms with Gasteiger partial charge >= 0.3 is 0 Å². The van der Waals surface area contributed by atoms with Gasteiger partial charge in [0.25, 0.3) is 0 Å². The smallest absolute Gasteiger partial charge is 0.0549 e. The SMILES string of the molecule is C=CCCC1CNC(N)C1. The van der Waals surface area contributed by atoms with Crippen molar-refractivity contribution in [2.24, 2.45) is 11.7 Å². The Kier molecular flexibility index (Phi) is 2.90. The fourth-order valence-electron chi connectivity index (χ4n) is 1.42. The van der Waals surface area contributed by atoms with Gasteiger partial charge in [-0.2, -0.15) is 0 Å². The van der Waals surface area contributed by atoms with Crippen molar-refractivity contribution in [2.45, 2.75) is 25.4 Å². The molecule has 1 fully saturated rings. The molecule has 1 rings (SSSR count). The molecule has 1 saturated heterocycles. The van der Waals surface area contributed by atoms with Crippen LogP contribution in [-0.2, 0) is 0 Å². The van der Waals surface area contributed by atoms with Crippen LogP contribution in [0.15, 0.2) is 12.7 Å². The van der Waals surface area contributed by atoms with Gasteiger partial charge in [-0.3, -0.25) is 0 Å². The molecule has 0 aromatic heterocycles. The van der Waals surface area contributed by atoms with Crippen LogP contribution in [0.1, 0.15) is 19.3 Å². The van der Waals surface area contributed by atoms with E-state index in [2.05, 4.69) is 11.9 Å². The van der Waals surface area contributed by atoms with Gasteiger partial charge in [0.2, 0.25) is 0 Å². The molecular formula is C8H16N2. The molecule has 58 valence electrons. The maximum atomic E-state index is 5.66. The second-order valence-corrected chi connectivity index (χ2v) is 2.98. The third-order valence-electron chi connectivity index (χ3n) is 2.04. The summed E-state index contributed by atoms with van der Waals surface area (Å²) in [5.74, 6) is 0.785. The lowest BCUT2D eigenvalue weighted by Crippen LogP contribution is -2.30. The third-order valence-corrected chi connectivity index (χ3v) is 2.04. The first-order valence-corrected chi connectivity index (χ1v) is 3.93. The van der Waals surface area contributed by atoms with Crippen molar-refractivity contribution < 1.29 is 0 Å². The molecule has 0 saturated carbocycles. The van der Waals surface area contributed by atoms with Crippen LogP contribution in [0.3, 0.4) is 0 Å². The number of hydrogen-bond donors (Lipinski definition) is 2. The fourth-order valence-corrected chi connectivity index (χ4v) is 1.42. The van der Waals surface area contributed by atoms with Crippen molar-refractivity contribution >= 4 is 0 Å². The van der Waals surface area contributed by atoms with Crippen LogP contribution in [0.4, 0.5) is 0 Å². The highest BCUT2D eigenvalue weighted by Gasteiger charge is 2.19. The van der Waals surface area contributed by atoms with Crippen molar-refractivity contribution in [2.75, 3.05) is 6.54 Å². The van der Waals surface area contributed by atoms with Crippen molar-refractivity contribution in [3.05, 3.63) is 12.7 Å². The summed E-state index contributed by atoms with van der Waals surface area (Å²) in [6.45, 7) is 4.78. The molecule has 2 nitrogen and oxygen atoms in total. The first-order chi connectivity index (χ1) is 4.83. The van der Waals surface area contributed by atoms with Crippen molar-refractivity contribution in [1.29, 1.82) is 0 Å². The summed E-state index contributed by atoms with van der Waals surface area (Å²) < 4.78 is 0. The lowest BCUT2D eigenvalue weighted by Gasteiger charge is -2.04. The molecule has 2 unspecified atom stereocenters. The van der Waals surface area contributed by atoms with Crippen LogP contribution in [0, 0.1) is 5.92 Å². The number of rotatable bonds is 3. The molecule has 2 heteroatoms. The monoisotopic (exact) mass is 140 g/mol. The lowest BCUT2D eigenvalue weighted by molar-refractivity contribution is 0.523. The highest BCUT2D eigenvalue weighted by molar-refractivity contribution is 4.79. The van der Waals surface area contributed by atoms with Gasteiger partial charge in [0.15, 0.2) is 0 Å². The number of allylic oxidation sites excluding steroid dienone is 1. The zero-order valence-electron chi connectivity index (χ0n) is 6.34. The van der Waals surface area contributed by atoms with Crippen molar-refractivity contribution in [3.8, 4) is 0 Å². The predicted octanol–water partition coefficient (Wildman–Crippen LogP) is 0.847. The van der Waals surface area contributed by atoms with Crippen LogP contribution in [-0.4, -0.2) is 12.7 Å². The maximum absolute atomic E-state index is 5.66. The zero-order valence-corrected chi connectivity index (χ0v) is 6.34. The average Bonchev–Trinajstić information content (AvgIpc) is 2.31. The van der Waals surface area contributed by atoms with E-state index in [1.807, 2.05) is 6.08 Å². The van der Waals surface area contributed by atoms with E-state index in [1.165, 1.54) is 6.42 Å². The van der Waals surface area contributed by atoms with Crippen molar-refractivity contribution in [1.82, 2.24) is 5.32 Å². The standard InChI is InChI=1S/C8H16N2/c1-2-3-4-7-5-8(9)10-6-7/h2,7-8,10H,1,3-6,9H2. The topological polar surface area (TPSA) is 38.0 Å². The Morgan fingerprint density at radius 1 is 1.70 bits per heavy atom. The van der Waals surface area contributed by atoms with Gasteiger partial charge in [-0.1, -0.05) is 6.08 Å². The summed E-state index contributed by atoms with van der Waals surface area (Å²) >= 11 is 0. The van der Waals surface area contributed by atoms with Gasteiger partial charge in [0.1, 0.15) is 0 Å². The molecule has 10 heavy (non-hydrogen) atoms. The second kappa shape index (κ2) is 3.74. The van der Waals surface area contributed by atoms with E-state index in [0.717, 1.165) is 25.3 Å². The van der Waals surface area contributed by atoms with E-state index in [9.17, 15) is 0 Å². The Morgan fingerprint density at radius 2 is 2.50 bits per heavy atom. The first-order valence-electron chi connectivity index (χ1n) is 3.93. The molecule has 1 aliphatic heterocycles. The van der Waals surface area contributed by atoms with Crippen LogP contribution < -0.4 is 11.1 Å². The predicted molar refractivity (Wildman–Crippen MR) is 43.5 cm³/mol. The van der Waals surface area contributed by atoms with E-state index in [4.69, 9.17) is 5.73 Å². The quantitative estimate of drug-likeness (QED) is 0.570. The molecule has 0 aromatic carbocycles. The zero-order chi connectivity index (χ0) is 7.40. The summed E-state index contributed by atoms with van der Waals surface area (Å²) in [7, 11) is 0. The largest absolute Gasteiger partial charge is 0.316 e. The maximum Gasteiger partial charge on any atom is 0.0549 e. The highest BCUT2D eigenvalue weighted by atomic mass is 15.1. The molecule has 3 N–H and O–H groups in total. The molecule has 0 aromatic rings.